The van der Waals surface area contributed by atoms with Crippen LogP contribution in [0.15, 0.2) is 6.07 Å². The molecule has 0 aromatic carbocycles. The maximum Gasteiger partial charge on any atom is 0.220 e. The van der Waals surface area contributed by atoms with Gasteiger partial charge in [0.05, 0.1) is 5.69 Å². The zero-order valence-electron chi connectivity index (χ0n) is 14.4. The Balaban J connectivity index is 2.08. The maximum absolute atomic E-state index is 12.1. The van der Waals surface area contributed by atoms with Crippen molar-refractivity contribution in [2.45, 2.75) is 59.4 Å². The van der Waals surface area contributed by atoms with E-state index in [0.29, 0.717) is 19.3 Å². The Morgan fingerprint density at radius 2 is 2.13 bits per heavy atom. The van der Waals surface area contributed by atoms with Gasteiger partial charge in [0.25, 0.3) is 0 Å². The van der Waals surface area contributed by atoms with E-state index in [2.05, 4.69) is 15.4 Å². The smallest absolute Gasteiger partial charge is 0.220 e. The molecule has 0 saturated heterocycles. The zero-order valence-corrected chi connectivity index (χ0v) is 14.4. The molecule has 0 radical (unpaired) electrons. The number of nitrogens with one attached hydrogen (secondary N) is 1. The third kappa shape index (κ3) is 4.07. The molecule has 2 heterocycles. The molecule has 6 nitrogen and oxygen atoms in total. The summed E-state index contributed by atoms with van der Waals surface area (Å²) < 4.78 is 1.84. The van der Waals surface area contributed by atoms with Crippen LogP contribution in [-0.4, -0.2) is 38.3 Å². The molecule has 0 saturated carbocycles. The number of rotatable bonds is 7. The standard InChI is InChI=1S/C17H26N4O2/c1-5-14(8-9-22)19-17(23)7-6-15-12(3)18-16-10-11(2)20-21(16)13(15)4/h10,14,22H,5-9H2,1-4H3,(H,19,23). The molecular formula is C17H26N4O2. The highest BCUT2D eigenvalue weighted by Gasteiger charge is 2.14. The number of hydrogen-bond acceptors (Lipinski definition) is 4. The summed E-state index contributed by atoms with van der Waals surface area (Å²) in [5, 5.41) is 16.4. The molecule has 0 aliphatic rings. The van der Waals surface area contributed by atoms with Gasteiger partial charge in [-0.05, 0) is 45.6 Å². The van der Waals surface area contributed by atoms with Gasteiger partial charge < -0.3 is 10.4 Å². The van der Waals surface area contributed by atoms with Crippen molar-refractivity contribution >= 4 is 11.6 Å². The monoisotopic (exact) mass is 318 g/mol. The van der Waals surface area contributed by atoms with E-state index in [1.807, 2.05) is 38.3 Å². The van der Waals surface area contributed by atoms with Gasteiger partial charge >= 0.3 is 0 Å². The molecule has 2 N–H and O–H groups in total. The molecule has 1 atom stereocenters. The van der Waals surface area contributed by atoms with E-state index in [0.717, 1.165) is 34.7 Å². The van der Waals surface area contributed by atoms with Gasteiger partial charge in [-0.15, -0.1) is 0 Å². The first-order valence-corrected chi connectivity index (χ1v) is 8.19. The number of amides is 1. The molecule has 23 heavy (non-hydrogen) atoms. The topological polar surface area (TPSA) is 79.5 Å². The van der Waals surface area contributed by atoms with Crippen molar-refractivity contribution in [2.24, 2.45) is 0 Å². The lowest BCUT2D eigenvalue weighted by molar-refractivity contribution is -0.121. The number of carbonyl (C=O) groups is 1. The molecular weight excluding hydrogens is 292 g/mol. The molecule has 0 spiro atoms. The number of aromatic nitrogens is 3. The number of nitrogens with zero attached hydrogens (tertiary/aromatic N) is 3. The minimum atomic E-state index is 0.0147. The fraction of sp³-hybridized carbons (Fsp3) is 0.588. The number of carbonyl (C=O) groups excluding carboxylic acids is 1. The second-order valence-electron chi connectivity index (χ2n) is 6.00. The van der Waals surface area contributed by atoms with Crippen LogP contribution in [0.5, 0.6) is 0 Å². The summed E-state index contributed by atoms with van der Waals surface area (Å²) >= 11 is 0. The first-order valence-electron chi connectivity index (χ1n) is 8.19. The lowest BCUT2D eigenvalue weighted by atomic mass is 10.1. The maximum atomic E-state index is 12.1. The van der Waals surface area contributed by atoms with Gasteiger partial charge in [0.2, 0.25) is 5.91 Å². The van der Waals surface area contributed by atoms with Gasteiger partial charge in [-0.2, -0.15) is 5.10 Å². The SMILES string of the molecule is CCC(CCO)NC(=O)CCc1c(C)nc2cc(C)nn2c1C. The molecule has 0 aliphatic carbocycles. The quantitative estimate of drug-likeness (QED) is 0.817. The van der Waals surface area contributed by atoms with Gasteiger partial charge in [0, 0.05) is 36.5 Å². The highest BCUT2D eigenvalue weighted by Crippen LogP contribution is 2.17. The normalized spacial score (nSPS) is 12.6. The second-order valence-corrected chi connectivity index (χ2v) is 6.00. The minimum absolute atomic E-state index is 0.0147. The van der Waals surface area contributed by atoms with Crippen LogP contribution < -0.4 is 5.32 Å². The van der Waals surface area contributed by atoms with Crippen LogP contribution in [0, 0.1) is 20.8 Å². The Morgan fingerprint density at radius 1 is 1.39 bits per heavy atom. The van der Waals surface area contributed by atoms with Crippen LogP contribution in [-0.2, 0) is 11.2 Å². The van der Waals surface area contributed by atoms with E-state index in [1.54, 1.807) is 0 Å². The summed E-state index contributed by atoms with van der Waals surface area (Å²) in [6.07, 6.45) is 2.47. The van der Waals surface area contributed by atoms with Crippen molar-refractivity contribution in [2.75, 3.05) is 6.61 Å². The molecule has 1 unspecified atom stereocenters. The number of hydrogen-bond donors (Lipinski definition) is 2. The lowest BCUT2D eigenvalue weighted by Crippen LogP contribution is -2.35. The Kier molecular flexibility index (Phi) is 5.71. The van der Waals surface area contributed by atoms with Crippen LogP contribution in [0.2, 0.25) is 0 Å². The molecule has 2 aromatic rings. The highest BCUT2D eigenvalue weighted by atomic mass is 16.3. The Bertz CT molecular complexity index is 693. The average Bonchev–Trinajstić information content (AvgIpc) is 2.87. The highest BCUT2D eigenvalue weighted by molar-refractivity contribution is 5.76. The summed E-state index contributed by atoms with van der Waals surface area (Å²) in [6.45, 7) is 8.04. The largest absolute Gasteiger partial charge is 0.396 e. The lowest BCUT2D eigenvalue weighted by Gasteiger charge is -2.16. The number of fused-ring (bicyclic) bond motifs is 1. The zero-order chi connectivity index (χ0) is 17.0. The molecule has 0 fully saturated rings. The summed E-state index contributed by atoms with van der Waals surface area (Å²) in [5.41, 5.74) is 4.84. The van der Waals surface area contributed by atoms with E-state index in [1.165, 1.54) is 0 Å². The number of aryl methyl sites for hydroxylation is 3. The number of aliphatic hydroxyl groups excluding tert-OH is 1. The van der Waals surface area contributed by atoms with Gasteiger partial charge in [-0.3, -0.25) is 4.79 Å². The molecule has 2 rings (SSSR count). The van der Waals surface area contributed by atoms with Crippen molar-refractivity contribution in [1.29, 1.82) is 0 Å². The van der Waals surface area contributed by atoms with Crippen molar-refractivity contribution < 1.29 is 9.90 Å². The van der Waals surface area contributed by atoms with Crippen molar-refractivity contribution in [3.8, 4) is 0 Å². The fourth-order valence-corrected chi connectivity index (χ4v) is 2.88. The van der Waals surface area contributed by atoms with Crippen molar-refractivity contribution in [3.05, 3.63) is 28.7 Å². The third-order valence-electron chi connectivity index (χ3n) is 4.22. The third-order valence-corrected chi connectivity index (χ3v) is 4.22. The molecule has 0 aliphatic heterocycles. The van der Waals surface area contributed by atoms with E-state index in [4.69, 9.17) is 5.11 Å². The van der Waals surface area contributed by atoms with E-state index < -0.39 is 0 Å². The van der Waals surface area contributed by atoms with Crippen LogP contribution in [0.3, 0.4) is 0 Å². The molecule has 1 amide bonds. The predicted molar refractivity (Wildman–Crippen MR) is 89.4 cm³/mol. The van der Waals surface area contributed by atoms with E-state index in [-0.39, 0.29) is 18.6 Å². The van der Waals surface area contributed by atoms with Crippen LogP contribution in [0.25, 0.3) is 5.65 Å². The van der Waals surface area contributed by atoms with Crippen molar-refractivity contribution in [3.63, 3.8) is 0 Å². The predicted octanol–water partition coefficient (Wildman–Crippen LogP) is 1.86. The fourth-order valence-electron chi connectivity index (χ4n) is 2.88. The molecule has 0 bridgehead atoms. The second kappa shape index (κ2) is 7.55. The van der Waals surface area contributed by atoms with Crippen LogP contribution >= 0.6 is 0 Å². The van der Waals surface area contributed by atoms with Gasteiger partial charge in [0.15, 0.2) is 5.65 Å². The minimum Gasteiger partial charge on any atom is -0.396 e. The Morgan fingerprint density at radius 3 is 2.78 bits per heavy atom. The van der Waals surface area contributed by atoms with E-state index in [9.17, 15) is 4.79 Å². The molecule has 2 aromatic heterocycles. The van der Waals surface area contributed by atoms with Gasteiger partial charge in [0.1, 0.15) is 0 Å². The average molecular weight is 318 g/mol. The summed E-state index contributed by atoms with van der Waals surface area (Å²) in [7, 11) is 0. The van der Waals surface area contributed by atoms with Crippen LogP contribution in [0.4, 0.5) is 0 Å². The van der Waals surface area contributed by atoms with E-state index >= 15 is 0 Å². The first-order chi connectivity index (χ1) is 11.0. The summed E-state index contributed by atoms with van der Waals surface area (Å²) in [5.74, 6) is 0.0147. The summed E-state index contributed by atoms with van der Waals surface area (Å²) in [6, 6.07) is 2.00. The molecule has 126 valence electrons. The van der Waals surface area contributed by atoms with Crippen molar-refractivity contribution in [1.82, 2.24) is 19.9 Å². The Hall–Kier alpha value is -1.95. The number of aliphatic hydroxyl groups is 1. The first kappa shape index (κ1) is 17.4. The van der Waals surface area contributed by atoms with Crippen LogP contribution in [0.1, 0.15) is 48.8 Å². The van der Waals surface area contributed by atoms with Gasteiger partial charge in [-0.1, -0.05) is 6.92 Å². The van der Waals surface area contributed by atoms with Gasteiger partial charge in [-0.25, -0.2) is 9.50 Å². The summed E-state index contributed by atoms with van der Waals surface area (Å²) in [4.78, 5) is 16.7. The molecule has 6 heteroatoms. The Labute approximate surface area is 136 Å².